The van der Waals surface area contributed by atoms with E-state index in [2.05, 4.69) is 17.4 Å². The Bertz CT molecular complexity index is 1270. The molecule has 0 saturated carbocycles. The highest BCUT2D eigenvalue weighted by Crippen LogP contribution is 2.37. The Balaban J connectivity index is 1.60. The first kappa shape index (κ1) is 22.7. The number of allylic oxidation sites excluding steroid dienone is 1. The zero-order valence-corrected chi connectivity index (χ0v) is 19.5. The molecule has 0 aliphatic carbocycles. The molecule has 1 amide bonds. The van der Waals surface area contributed by atoms with E-state index in [4.69, 9.17) is 20.8 Å². The first-order valence-electron chi connectivity index (χ1n) is 11.0. The van der Waals surface area contributed by atoms with Gasteiger partial charge in [-0.25, -0.2) is 0 Å². The average Bonchev–Trinajstić information content (AvgIpc) is 3.23. The molecule has 1 N–H and O–H groups in total. The summed E-state index contributed by atoms with van der Waals surface area (Å²) in [6.07, 6.45) is 4.15. The molecule has 0 spiro atoms. The predicted molar refractivity (Wildman–Crippen MR) is 135 cm³/mol. The number of ether oxygens (including phenoxy) is 1. The number of furan rings is 1. The Morgan fingerprint density at radius 2 is 1.85 bits per heavy atom. The second kappa shape index (κ2) is 10.4. The number of amides is 1. The lowest BCUT2D eigenvalue weighted by molar-refractivity contribution is -0.116. The molecule has 0 aliphatic rings. The second-order valence-corrected chi connectivity index (χ2v) is 8.22. The van der Waals surface area contributed by atoms with Crippen molar-refractivity contribution in [3.05, 3.63) is 95.2 Å². The highest BCUT2D eigenvalue weighted by Gasteiger charge is 2.15. The molecule has 168 valence electrons. The lowest BCUT2D eigenvalue weighted by Gasteiger charge is -2.12. The summed E-state index contributed by atoms with van der Waals surface area (Å²) < 4.78 is 11.7. The van der Waals surface area contributed by atoms with Crippen molar-refractivity contribution < 1.29 is 13.9 Å². The molecular weight excluding hydrogens is 434 g/mol. The number of halogens is 1. The van der Waals surface area contributed by atoms with E-state index in [-0.39, 0.29) is 5.91 Å². The molecule has 5 heteroatoms. The predicted octanol–water partition coefficient (Wildman–Crippen LogP) is 6.91. The van der Waals surface area contributed by atoms with Gasteiger partial charge in [-0.3, -0.25) is 4.79 Å². The summed E-state index contributed by atoms with van der Waals surface area (Å²) >= 11 is 6.05. The Hall–Kier alpha value is -3.50. The minimum Gasteiger partial charge on any atom is -0.493 e. The highest BCUT2D eigenvalue weighted by molar-refractivity contribution is 6.30. The fraction of sp³-hybridized carbons (Fsp3) is 0.179. The van der Waals surface area contributed by atoms with Crippen molar-refractivity contribution in [2.75, 3.05) is 13.2 Å². The van der Waals surface area contributed by atoms with Crippen LogP contribution in [0, 0.1) is 0 Å². The van der Waals surface area contributed by atoms with Gasteiger partial charge in [0, 0.05) is 40.2 Å². The van der Waals surface area contributed by atoms with Crippen LogP contribution in [0.4, 0.5) is 0 Å². The first-order valence-corrected chi connectivity index (χ1v) is 11.4. The topological polar surface area (TPSA) is 51.5 Å². The minimum atomic E-state index is -0.129. The molecule has 4 aromatic rings. The molecule has 0 saturated heterocycles. The van der Waals surface area contributed by atoms with Crippen molar-refractivity contribution in [1.82, 2.24) is 5.32 Å². The van der Waals surface area contributed by atoms with Crippen molar-refractivity contribution in [2.45, 2.75) is 20.3 Å². The summed E-state index contributed by atoms with van der Waals surface area (Å²) in [6.45, 7) is 4.94. The minimum absolute atomic E-state index is 0.129. The van der Waals surface area contributed by atoms with Crippen molar-refractivity contribution in [2.24, 2.45) is 0 Å². The van der Waals surface area contributed by atoms with Crippen LogP contribution in [0.15, 0.2) is 83.5 Å². The number of rotatable bonds is 8. The van der Waals surface area contributed by atoms with Crippen LogP contribution in [0.3, 0.4) is 0 Å². The third kappa shape index (κ3) is 5.47. The van der Waals surface area contributed by atoms with E-state index < -0.39 is 0 Å². The number of hydrogen-bond acceptors (Lipinski definition) is 3. The zero-order valence-electron chi connectivity index (χ0n) is 18.7. The lowest BCUT2D eigenvalue weighted by Crippen LogP contribution is -2.23. The molecule has 33 heavy (non-hydrogen) atoms. The number of carbonyl (C=O) groups is 1. The van der Waals surface area contributed by atoms with Gasteiger partial charge in [-0.1, -0.05) is 54.1 Å². The largest absolute Gasteiger partial charge is 0.493 e. The van der Waals surface area contributed by atoms with Crippen LogP contribution in [0.5, 0.6) is 5.75 Å². The lowest BCUT2D eigenvalue weighted by atomic mass is 9.99. The van der Waals surface area contributed by atoms with Gasteiger partial charge < -0.3 is 14.5 Å². The van der Waals surface area contributed by atoms with Gasteiger partial charge in [0.2, 0.25) is 5.91 Å². The van der Waals surface area contributed by atoms with Gasteiger partial charge in [-0.2, -0.15) is 0 Å². The first-order chi connectivity index (χ1) is 16.0. The molecule has 0 aliphatic heterocycles. The fourth-order valence-electron chi connectivity index (χ4n) is 3.79. The standard InChI is InChI=1S/C28H26ClNO3/c1-3-32-26-17-27-24(25(18-33-27)21-9-11-22(29)12-10-21)16-23(26)19(2)15-28(31)30-14-13-20-7-5-4-6-8-20/h4-12,15-18H,3,13-14H2,1-2H3,(H,30,31)/b19-15+. The van der Waals surface area contributed by atoms with E-state index >= 15 is 0 Å². The third-order valence-corrected chi connectivity index (χ3v) is 5.71. The Labute approximate surface area is 198 Å². The Morgan fingerprint density at radius 3 is 2.58 bits per heavy atom. The Kier molecular flexibility index (Phi) is 7.16. The maximum atomic E-state index is 12.6. The molecule has 4 nitrogen and oxygen atoms in total. The molecular formula is C28H26ClNO3. The van der Waals surface area contributed by atoms with Gasteiger partial charge >= 0.3 is 0 Å². The van der Waals surface area contributed by atoms with E-state index in [1.807, 2.05) is 68.4 Å². The number of benzene rings is 3. The van der Waals surface area contributed by atoms with E-state index in [9.17, 15) is 4.79 Å². The van der Waals surface area contributed by atoms with Crippen LogP contribution in [0.25, 0.3) is 27.7 Å². The molecule has 4 rings (SSSR count). The van der Waals surface area contributed by atoms with Crippen LogP contribution >= 0.6 is 11.6 Å². The van der Waals surface area contributed by atoms with Crippen molar-refractivity contribution in [1.29, 1.82) is 0 Å². The van der Waals surface area contributed by atoms with Crippen molar-refractivity contribution >= 4 is 34.1 Å². The van der Waals surface area contributed by atoms with E-state index in [0.717, 1.165) is 39.7 Å². The summed E-state index contributed by atoms with van der Waals surface area (Å²) in [4.78, 5) is 12.6. The molecule has 0 radical (unpaired) electrons. The number of hydrogen-bond donors (Lipinski definition) is 1. The molecule has 0 atom stereocenters. The van der Waals surface area contributed by atoms with Crippen LogP contribution < -0.4 is 10.1 Å². The number of nitrogens with one attached hydrogen (secondary N) is 1. The van der Waals surface area contributed by atoms with Crippen LogP contribution in [-0.2, 0) is 11.2 Å². The fourth-order valence-corrected chi connectivity index (χ4v) is 3.92. The average molecular weight is 460 g/mol. The SMILES string of the molecule is CCOc1cc2occ(-c3ccc(Cl)cc3)c2cc1/C(C)=C/C(=O)NCCc1ccccc1. The van der Waals surface area contributed by atoms with Crippen LogP contribution in [-0.4, -0.2) is 19.1 Å². The van der Waals surface area contributed by atoms with Crippen LogP contribution in [0.2, 0.25) is 5.02 Å². The van der Waals surface area contributed by atoms with Gasteiger partial charge in [0.15, 0.2) is 0 Å². The monoisotopic (exact) mass is 459 g/mol. The summed E-state index contributed by atoms with van der Waals surface area (Å²) in [5.74, 6) is 0.559. The van der Waals surface area contributed by atoms with Crippen LogP contribution in [0.1, 0.15) is 25.0 Å². The number of fused-ring (bicyclic) bond motifs is 1. The van der Waals surface area contributed by atoms with Crippen molar-refractivity contribution in [3.8, 4) is 16.9 Å². The zero-order chi connectivity index (χ0) is 23.2. The van der Waals surface area contributed by atoms with E-state index in [1.54, 1.807) is 12.3 Å². The molecule has 1 aromatic heterocycles. The van der Waals surface area contributed by atoms with Gasteiger partial charge in [-0.15, -0.1) is 0 Å². The van der Waals surface area contributed by atoms with E-state index in [1.165, 1.54) is 5.56 Å². The van der Waals surface area contributed by atoms with Gasteiger partial charge in [0.05, 0.1) is 12.9 Å². The van der Waals surface area contributed by atoms with Gasteiger partial charge in [0.1, 0.15) is 11.3 Å². The summed E-state index contributed by atoms with van der Waals surface area (Å²) in [5, 5.41) is 4.61. The molecule has 0 fully saturated rings. The Morgan fingerprint density at radius 1 is 1.09 bits per heavy atom. The van der Waals surface area contributed by atoms with Gasteiger partial charge in [-0.05, 0) is 55.2 Å². The summed E-state index contributed by atoms with van der Waals surface area (Å²) in [5.41, 5.74) is 5.57. The van der Waals surface area contributed by atoms with E-state index in [0.29, 0.717) is 23.9 Å². The maximum Gasteiger partial charge on any atom is 0.244 e. The molecule has 0 bridgehead atoms. The number of carbonyl (C=O) groups excluding carboxylic acids is 1. The second-order valence-electron chi connectivity index (χ2n) is 7.79. The van der Waals surface area contributed by atoms with Gasteiger partial charge in [0.25, 0.3) is 0 Å². The molecule has 1 heterocycles. The highest BCUT2D eigenvalue weighted by atomic mass is 35.5. The normalized spacial score (nSPS) is 11.5. The molecule has 3 aromatic carbocycles. The quantitative estimate of drug-likeness (QED) is 0.291. The maximum absolute atomic E-state index is 12.6. The summed E-state index contributed by atoms with van der Waals surface area (Å²) in [7, 11) is 0. The smallest absolute Gasteiger partial charge is 0.244 e. The summed E-state index contributed by atoms with van der Waals surface area (Å²) in [6, 6.07) is 21.7. The molecule has 0 unspecified atom stereocenters. The third-order valence-electron chi connectivity index (χ3n) is 5.46. The van der Waals surface area contributed by atoms with Crippen molar-refractivity contribution in [3.63, 3.8) is 0 Å².